The predicted octanol–water partition coefficient (Wildman–Crippen LogP) is 6.24. The molecule has 0 fully saturated rings. The van der Waals surface area contributed by atoms with Gasteiger partial charge in [-0.15, -0.1) is 0 Å². The van der Waals surface area contributed by atoms with E-state index in [1.54, 1.807) is 48.5 Å². The Balaban J connectivity index is 1.83. The maximum Gasteiger partial charge on any atom is 0.264 e. The van der Waals surface area contributed by atoms with Crippen LogP contribution in [0.4, 0.5) is 5.69 Å². The first-order valence-electron chi connectivity index (χ1n) is 14.5. The Labute approximate surface area is 265 Å². The summed E-state index contributed by atoms with van der Waals surface area (Å²) in [6, 6.07) is 27.7. The quantitative estimate of drug-likeness (QED) is 0.201. The van der Waals surface area contributed by atoms with Crippen LogP contribution >= 0.6 is 11.6 Å². The monoisotopic (exact) mass is 631 g/mol. The SMILES string of the molecule is CCNC(=O)C(Cc1ccccc1)N(Cc1cccc(Cl)c1)C(=O)CN(c1cc(C)ccc1C)S(=O)(=O)c1ccc(C)cc1. The number of carbonyl (C=O) groups is 2. The van der Waals surface area contributed by atoms with Gasteiger partial charge in [0.25, 0.3) is 10.0 Å². The molecule has 0 aliphatic rings. The van der Waals surface area contributed by atoms with E-state index in [1.807, 2.05) is 76.2 Å². The van der Waals surface area contributed by atoms with E-state index in [2.05, 4.69) is 5.32 Å². The van der Waals surface area contributed by atoms with Gasteiger partial charge in [-0.1, -0.05) is 83.9 Å². The molecule has 9 heteroatoms. The molecule has 230 valence electrons. The second-order valence-electron chi connectivity index (χ2n) is 10.9. The number of rotatable bonds is 12. The lowest BCUT2D eigenvalue weighted by atomic mass is 10.0. The highest BCUT2D eigenvalue weighted by Gasteiger charge is 2.35. The van der Waals surface area contributed by atoms with E-state index in [1.165, 1.54) is 4.90 Å². The van der Waals surface area contributed by atoms with Gasteiger partial charge in [-0.05, 0) is 80.3 Å². The molecule has 0 heterocycles. The Hall–Kier alpha value is -4.14. The van der Waals surface area contributed by atoms with Crippen LogP contribution in [0.15, 0.2) is 102 Å². The topological polar surface area (TPSA) is 86.8 Å². The first-order chi connectivity index (χ1) is 21.0. The average molecular weight is 632 g/mol. The van der Waals surface area contributed by atoms with Crippen molar-refractivity contribution in [2.45, 2.75) is 51.6 Å². The molecule has 0 bridgehead atoms. The summed E-state index contributed by atoms with van der Waals surface area (Å²) >= 11 is 6.29. The number of hydrogen-bond donors (Lipinski definition) is 1. The van der Waals surface area contributed by atoms with Crippen LogP contribution in [0.25, 0.3) is 0 Å². The first-order valence-corrected chi connectivity index (χ1v) is 16.3. The summed E-state index contributed by atoms with van der Waals surface area (Å²) in [5.41, 5.74) is 4.45. The molecule has 1 atom stereocenters. The molecule has 7 nitrogen and oxygen atoms in total. The summed E-state index contributed by atoms with van der Waals surface area (Å²) in [6.07, 6.45) is 0.243. The molecular weight excluding hydrogens is 594 g/mol. The second-order valence-corrected chi connectivity index (χ2v) is 13.2. The normalized spacial score (nSPS) is 11.9. The van der Waals surface area contributed by atoms with Crippen LogP contribution in [0.5, 0.6) is 0 Å². The lowest BCUT2D eigenvalue weighted by Gasteiger charge is -2.34. The van der Waals surface area contributed by atoms with E-state index in [-0.39, 0.29) is 23.8 Å². The second kappa shape index (κ2) is 14.6. The van der Waals surface area contributed by atoms with Gasteiger partial charge in [-0.3, -0.25) is 13.9 Å². The van der Waals surface area contributed by atoms with E-state index < -0.39 is 28.5 Å². The van der Waals surface area contributed by atoms with Gasteiger partial charge in [-0.2, -0.15) is 0 Å². The van der Waals surface area contributed by atoms with Crippen molar-refractivity contribution in [1.82, 2.24) is 10.2 Å². The third-order valence-electron chi connectivity index (χ3n) is 7.39. The van der Waals surface area contributed by atoms with Crippen molar-refractivity contribution in [3.05, 3.63) is 130 Å². The zero-order chi connectivity index (χ0) is 31.9. The fraction of sp³-hybridized carbons (Fsp3) is 0.257. The molecule has 44 heavy (non-hydrogen) atoms. The summed E-state index contributed by atoms with van der Waals surface area (Å²) in [6.45, 7) is 7.30. The van der Waals surface area contributed by atoms with Crippen molar-refractivity contribution in [2.75, 3.05) is 17.4 Å². The summed E-state index contributed by atoms with van der Waals surface area (Å²) in [5.74, 6) is -0.847. The summed E-state index contributed by atoms with van der Waals surface area (Å²) in [4.78, 5) is 29.6. The van der Waals surface area contributed by atoms with Crippen molar-refractivity contribution >= 4 is 39.1 Å². The van der Waals surface area contributed by atoms with Crippen LogP contribution in [0.2, 0.25) is 5.02 Å². The molecule has 0 aromatic heterocycles. The number of anilines is 1. The van der Waals surface area contributed by atoms with Crippen LogP contribution in [0.3, 0.4) is 0 Å². The minimum Gasteiger partial charge on any atom is -0.355 e. The fourth-order valence-corrected chi connectivity index (χ4v) is 6.70. The Morgan fingerprint density at radius 2 is 1.48 bits per heavy atom. The molecule has 1 unspecified atom stereocenters. The van der Waals surface area contributed by atoms with Gasteiger partial charge >= 0.3 is 0 Å². The molecule has 0 saturated carbocycles. The molecule has 0 aliphatic carbocycles. The average Bonchev–Trinajstić information content (AvgIpc) is 2.99. The van der Waals surface area contributed by atoms with Crippen LogP contribution < -0.4 is 9.62 Å². The molecule has 0 radical (unpaired) electrons. The van der Waals surface area contributed by atoms with Gasteiger partial charge in [-0.25, -0.2) is 8.42 Å². The number of nitrogens with one attached hydrogen (secondary N) is 1. The number of nitrogens with zero attached hydrogens (tertiary/aromatic N) is 2. The lowest BCUT2D eigenvalue weighted by Crippen LogP contribution is -2.53. The Kier molecular flexibility index (Phi) is 10.8. The zero-order valence-corrected chi connectivity index (χ0v) is 27.0. The molecule has 4 aromatic rings. The Morgan fingerprint density at radius 3 is 2.14 bits per heavy atom. The number of sulfonamides is 1. The van der Waals surface area contributed by atoms with Crippen LogP contribution in [0.1, 0.15) is 34.7 Å². The number of halogens is 1. The number of benzene rings is 4. The molecule has 4 aromatic carbocycles. The van der Waals surface area contributed by atoms with Gasteiger partial charge in [0, 0.05) is 24.5 Å². The molecule has 4 rings (SSSR count). The molecule has 2 amide bonds. The maximum absolute atomic E-state index is 14.5. The molecule has 0 saturated heterocycles. The lowest BCUT2D eigenvalue weighted by molar-refractivity contribution is -0.140. The highest BCUT2D eigenvalue weighted by atomic mass is 35.5. The van der Waals surface area contributed by atoms with Crippen molar-refractivity contribution < 1.29 is 18.0 Å². The molecule has 0 aliphatic heterocycles. The van der Waals surface area contributed by atoms with Gasteiger partial charge in [0.05, 0.1) is 10.6 Å². The summed E-state index contributed by atoms with van der Waals surface area (Å²) in [5, 5.41) is 3.36. The Morgan fingerprint density at radius 1 is 0.818 bits per heavy atom. The van der Waals surface area contributed by atoms with Gasteiger partial charge in [0.2, 0.25) is 11.8 Å². The molecule has 0 spiro atoms. The van der Waals surface area contributed by atoms with Gasteiger partial charge in [0.1, 0.15) is 12.6 Å². The van der Waals surface area contributed by atoms with Crippen LogP contribution in [-0.4, -0.2) is 44.3 Å². The van der Waals surface area contributed by atoms with Crippen molar-refractivity contribution in [1.29, 1.82) is 0 Å². The number of likely N-dealkylation sites (N-methyl/N-ethyl adjacent to an activating group) is 1. The fourth-order valence-electron chi connectivity index (χ4n) is 5.02. The first kappa shape index (κ1) is 32.8. The van der Waals surface area contributed by atoms with Gasteiger partial charge < -0.3 is 10.2 Å². The number of amides is 2. The van der Waals surface area contributed by atoms with E-state index in [0.717, 1.165) is 21.0 Å². The highest BCUT2D eigenvalue weighted by Crippen LogP contribution is 2.29. The predicted molar refractivity (Wildman–Crippen MR) is 176 cm³/mol. The summed E-state index contributed by atoms with van der Waals surface area (Å²) in [7, 11) is -4.17. The zero-order valence-electron chi connectivity index (χ0n) is 25.5. The molecular formula is C35H38ClN3O4S. The van der Waals surface area contributed by atoms with E-state index >= 15 is 0 Å². The van der Waals surface area contributed by atoms with Crippen LogP contribution in [0, 0.1) is 20.8 Å². The van der Waals surface area contributed by atoms with E-state index in [0.29, 0.717) is 28.4 Å². The number of hydrogen-bond acceptors (Lipinski definition) is 4. The maximum atomic E-state index is 14.5. The van der Waals surface area contributed by atoms with Crippen LogP contribution in [-0.2, 0) is 32.6 Å². The van der Waals surface area contributed by atoms with E-state index in [9.17, 15) is 18.0 Å². The van der Waals surface area contributed by atoms with Gasteiger partial charge in [0.15, 0.2) is 0 Å². The number of carbonyl (C=O) groups excluding carboxylic acids is 2. The standard InChI is InChI=1S/C35H38ClN3O4S/c1-5-37-35(41)33(22-28-10-7-6-8-11-28)38(23-29-12-9-13-30(36)21-29)34(40)24-39(32-20-26(3)14-17-27(32)4)44(42,43)31-18-15-25(2)16-19-31/h6-21,33H,5,22-24H2,1-4H3,(H,37,41). The Bertz CT molecular complexity index is 1710. The highest BCUT2D eigenvalue weighted by molar-refractivity contribution is 7.92. The van der Waals surface area contributed by atoms with Crippen molar-refractivity contribution in [2.24, 2.45) is 0 Å². The largest absolute Gasteiger partial charge is 0.355 e. The summed E-state index contributed by atoms with van der Waals surface area (Å²) < 4.78 is 29.6. The van der Waals surface area contributed by atoms with Crippen molar-refractivity contribution in [3.8, 4) is 0 Å². The third-order valence-corrected chi connectivity index (χ3v) is 9.39. The van der Waals surface area contributed by atoms with Crippen molar-refractivity contribution in [3.63, 3.8) is 0 Å². The smallest absolute Gasteiger partial charge is 0.264 e. The minimum absolute atomic E-state index is 0.0548. The third kappa shape index (κ3) is 8.07. The molecule has 1 N–H and O–H groups in total. The van der Waals surface area contributed by atoms with E-state index in [4.69, 9.17) is 11.6 Å². The number of aryl methyl sites for hydroxylation is 3. The minimum atomic E-state index is -4.17.